The fraction of sp³-hybridized carbons (Fsp3) is 0.222. The van der Waals surface area contributed by atoms with Crippen molar-refractivity contribution in [1.82, 2.24) is 25.2 Å². The molecule has 0 spiro atoms. The van der Waals surface area contributed by atoms with Crippen LogP contribution >= 0.6 is 0 Å². The summed E-state index contributed by atoms with van der Waals surface area (Å²) in [6.07, 6.45) is 3.11. The smallest absolute Gasteiger partial charge is 0.270 e. The quantitative estimate of drug-likeness (QED) is 0.768. The van der Waals surface area contributed by atoms with Gasteiger partial charge in [0.2, 0.25) is 0 Å². The molecule has 0 saturated carbocycles. The summed E-state index contributed by atoms with van der Waals surface area (Å²) < 4.78 is 0. The van der Waals surface area contributed by atoms with E-state index in [0.717, 1.165) is 0 Å². The molecule has 0 aromatic carbocycles. The maximum Gasteiger partial charge on any atom is 0.270 e. The molecule has 0 bridgehead atoms. The monoisotopic (exact) mass is 233 g/mol. The average Bonchev–Trinajstić information content (AvgIpc) is 2.74. The molecule has 2 aromatic rings. The van der Waals surface area contributed by atoms with Crippen LogP contribution in [0.5, 0.6) is 0 Å². The zero-order chi connectivity index (χ0) is 12.3. The first-order chi connectivity index (χ1) is 8.20. The number of anilines is 2. The number of tetrazole rings is 1. The fourth-order valence-corrected chi connectivity index (χ4v) is 1.29. The molecular weight excluding hydrogens is 222 g/mol. The molecule has 2 aromatic heterocycles. The number of hydrogen-bond acceptors (Lipinski definition) is 6. The SMILES string of the molecule is CNc1cnccc1C(=O)Nc1nnn(C)n1. The summed E-state index contributed by atoms with van der Waals surface area (Å²) in [5, 5.41) is 16.6. The third kappa shape index (κ3) is 2.36. The van der Waals surface area contributed by atoms with E-state index in [9.17, 15) is 4.79 Å². The van der Waals surface area contributed by atoms with Gasteiger partial charge in [0, 0.05) is 13.2 Å². The van der Waals surface area contributed by atoms with Gasteiger partial charge >= 0.3 is 0 Å². The topological polar surface area (TPSA) is 97.6 Å². The Morgan fingerprint density at radius 1 is 1.47 bits per heavy atom. The Hall–Kier alpha value is -2.51. The largest absolute Gasteiger partial charge is 0.386 e. The Labute approximate surface area is 97.0 Å². The number of amides is 1. The molecule has 1 amide bonds. The van der Waals surface area contributed by atoms with Crippen LogP contribution < -0.4 is 10.6 Å². The maximum atomic E-state index is 11.9. The van der Waals surface area contributed by atoms with Crippen LogP contribution in [0.25, 0.3) is 0 Å². The highest BCUT2D eigenvalue weighted by Crippen LogP contribution is 2.13. The second kappa shape index (κ2) is 4.56. The van der Waals surface area contributed by atoms with E-state index >= 15 is 0 Å². The maximum absolute atomic E-state index is 11.9. The van der Waals surface area contributed by atoms with Gasteiger partial charge in [0.05, 0.1) is 24.5 Å². The van der Waals surface area contributed by atoms with Crippen molar-refractivity contribution >= 4 is 17.5 Å². The lowest BCUT2D eigenvalue weighted by Gasteiger charge is -2.06. The Bertz CT molecular complexity index is 536. The molecule has 0 aliphatic carbocycles. The average molecular weight is 233 g/mol. The molecule has 8 nitrogen and oxygen atoms in total. The van der Waals surface area contributed by atoms with Gasteiger partial charge in [0.1, 0.15) is 0 Å². The van der Waals surface area contributed by atoms with Crippen LogP contribution in [0, 0.1) is 0 Å². The van der Waals surface area contributed by atoms with Crippen molar-refractivity contribution in [3.63, 3.8) is 0 Å². The highest BCUT2D eigenvalue weighted by atomic mass is 16.1. The second-order valence-electron chi connectivity index (χ2n) is 3.23. The van der Waals surface area contributed by atoms with E-state index in [1.165, 1.54) is 4.80 Å². The van der Waals surface area contributed by atoms with E-state index in [-0.39, 0.29) is 11.9 Å². The van der Waals surface area contributed by atoms with Gasteiger partial charge in [-0.1, -0.05) is 5.10 Å². The van der Waals surface area contributed by atoms with E-state index in [4.69, 9.17) is 0 Å². The predicted octanol–water partition coefficient (Wildman–Crippen LogP) is -0.101. The molecule has 17 heavy (non-hydrogen) atoms. The predicted molar refractivity (Wildman–Crippen MR) is 60.5 cm³/mol. The summed E-state index contributed by atoms with van der Waals surface area (Å²) in [6.45, 7) is 0. The van der Waals surface area contributed by atoms with Crippen LogP contribution in [0.1, 0.15) is 10.4 Å². The molecule has 0 saturated heterocycles. The van der Waals surface area contributed by atoms with E-state index in [2.05, 4.69) is 31.0 Å². The standard InChI is InChI=1S/C9H11N7O/c1-10-7-5-11-4-3-6(7)8(17)12-9-13-15-16(2)14-9/h3-5,10H,1-2H3,(H,12,14,17). The van der Waals surface area contributed by atoms with Gasteiger partial charge in [0.25, 0.3) is 11.9 Å². The molecule has 0 aliphatic rings. The highest BCUT2D eigenvalue weighted by molar-refractivity contribution is 6.07. The van der Waals surface area contributed by atoms with Gasteiger partial charge < -0.3 is 5.32 Å². The van der Waals surface area contributed by atoms with Gasteiger partial charge in [-0.2, -0.15) is 4.80 Å². The van der Waals surface area contributed by atoms with E-state index < -0.39 is 0 Å². The molecule has 0 radical (unpaired) electrons. The van der Waals surface area contributed by atoms with Gasteiger partial charge in [-0.3, -0.25) is 15.1 Å². The molecule has 0 fully saturated rings. The molecule has 8 heteroatoms. The number of nitrogens with one attached hydrogen (secondary N) is 2. The summed E-state index contributed by atoms with van der Waals surface area (Å²) in [4.78, 5) is 17.1. The minimum Gasteiger partial charge on any atom is -0.386 e. The minimum absolute atomic E-state index is 0.163. The first kappa shape index (κ1) is 11.0. The van der Waals surface area contributed by atoms with E-state index in [1.54, 1.807) is 32.6 Å². The molecule has 2 heterocycles. The zero-order valence-electron chi connectivity index (χ0n) is 9.38. The van der Waals surface area contributed by atoms with Crippen LogP contribution in [0.4, 0.5) is 11.6 Å². The Kier molecular flexibility index (Phi) is 2.95. The summed E-state index contributed by atoms with van der Waals surface area (Å²) in [6, 6.07) is 1.61. The van der Waals surface area contributed by atoms with Crippen LogP contribution in [0.15, 0.2) is 18.5 Å². The van der Waals surface area contributed by atoms with Crippen molar-refractivity contribution in [3.05, 3.63) is 24.0 Å². The van der Waals surface area contributed by atoms with Gasteiger partial charge in [-0.15, -0.1) is 5.10 Å². The number of nitrogens with zero attached hydrogens (tertiary/aromatic N) is 5. The first-order valence-electron chi connectivity index (χ1n) is 4.88. The molecule has 0 aliphatic heterocycles. The third-order valence-corrected chi connectivity index (χ3v) is 2.07. The lowest BCUT2D eigenvalue weighted by Crippen LogP contribution is -2.15. The van der Waals surface area contributed by atoms with Crippen molar-refractivity contribution in [2.45, 2.75) is 0 Å². The fourth-order valence-electron chi connectivity index (χ4n) is 1.29. The van der Waals surface area contributed by atoms with Gasteiger partial charge in [-0.05, 0) is 11.3 Å². The number of hydrogen-bond donors (Lipinski definition) is 2. The number of carbonyl (C=O) groups excluding carboxylic acids is 1. The van der Waals surface area contributed by atoms with Crippen molar-refractivity contribution in [3.8, 4) is 0 Å². The third-order valence-electron chi connectivity index (χ3n) is 2.07. The Morgan fingerprint density at radius 2 is 2.29 bits per heavy atom. The van der Waals surface area contributed by atoms with Crippen molar-refractivity contribution in [2.24, 2.45) is 7.05 Å². The van der Waals surface area contributed by atoms with Gasteiger partial charge in [0.15, 0.2) is 0 Å². The second-order valence-corrected chi connectivity index (χ2v) is 3.23. The molecule has 2 rings (SSSR count). The summed E-state index contributed by atoms with van der Waals surface area (Å²) in [7, 11) is 3.34. The number of pyridine rings is 1. The lowest BCUT2D eigenvalue weighted by molar-refractivity contribution is 0.102. The summed E-state index contributed by atoms with van der Waals surface area (Å²) in [5.74, 6) is -0.152. The normalized spacial score (nSPS) is 10.0. The van der Waals surface area contributed by atoms with Crippen LogP contribution in [0.2, 0.25) is 0 Å². The molecule has 2 N–H and O–H groups in total. The Morgan fingerprint density at radius 3 is 2.94 bits per heavy atom. The van der Waals surface area contributed by atoms with Crippen LogP contribution in [-0.2, 0) is 7.05 Å². The van der Waals surface area contributed by atoms with E-state index in [0.29, 0.717) is 11.3 Å². The lowest BCUT2D eigenvalue weighted by atomic mass is 10.2. The van der Waals surface area contributed by atoms with Gasteiger partial charge in [-0.25, -0.2) is 0 Å². The van der Waals surface area contributed by atoms with Crippen molar-refractivity contribution in [1.29, 1.82) is 0 Å². The molecule has 88 valence electrons. The number of rotatable bonds is 3. The number of aryl methyl sites for hydroxylation is 1. The highest BCUT2D eigenvalue weighted by Gasteiger charge is 2.12. The minimum atomic E-state index is -0.315. The summed E-state index contributed by atoms with van der Waals surface area (Å²) in [5.41, 5.74) is 1.10. The van der Waals surface area contributed by atoms with Crippen molar-refractivity contribution < 1.29 is 4.79 Å². The van der Waals surface area contributed by atoms with E-state index in [1.807, 2.05) is 0 Å². The zero-order valence-corrected chi connectivity index (χ0v) is 9.38. The summed E-state index contributed by atoms with van der Waals surface area (Å²) >= 11 is 0. The number of aromatic nitrogens is 5. The number of carbonyl (C=O) groups is 1. The van der Waals surface area contributed by atoms with Crippen molar-refractivity contribution in [2.75, 3.05) is 17.7 Å². The first-order valence-corrected chi connectivity index (χ1v) is 4.88. The Balaban J connectivity index is 2.20. The molecular formula is C9H11N7O. The molecule has 0 unspecified atom stereocenters. The molecule has 0 atom stereocenters. The van der Waals surface area contributed by atoms with Crippen LogP contribution in [0.3, 0.4) is 0 Å². The van der Waals surface area contributed by atoms with Crippen LogP contribution in [-0.4, -0.2) is 38.1 Å².